The van der Waals surface area contributed by atoms with E-state index in [2.05, 4.69) is 4.98 Å². The molecule has 0 saturated carbocycles. The third-order valence-electron chi connectivity index (χ3n) is 1.59. The Bertz CT molecular complexity index is 284. The highest BCUT2D eigenvalue weighted by Gasteiger charge is 1.96. The van der Waals surface area contributed by atoms with E-state index in [0.717, 1.165) is 5.56 Å². The summed E-state index contributed by atoms with van der Waals surface area (Å²) in [5, 5.41) is 8.57. The summed E-state index contributed by atoms with van der Waals surface area (Å²) in [4.78, 5) is 4.04. The van der Waals surface area contributed by atoms with Gasteiger partial charge in [-0.15, -0.1) is 0 Å². The highest BCUT2D eigenvalue weighted by atomic mass is 16.5. The molecule has 3 nitrogen and oxygen atoms in total. The van der Waals surface area contributed by atoms with Crippen LogP contribution in [0.3, 0.4) is 0 Å². The number of aliphatic hydroxyl groups is 1. The van der Waals surface area contributed by atoms with E-state index in [4.69, 9.17) is 9.84 Å². The molecule has 0 amide bonds. The molecule has 1 aromatic heterocycles. The number of hydrogen-bond acceptors (Lipinski definition) is 3. The van der Waals surface area contributed by atoms with Gasteiger partial charge in [-0.05, 0) is 18.6 Å². The molecule has 3 heteroatoms. The summed E-state index contributed by atoms with van der Waals surface area (Å²) in [6.45, 7) is 0.166. The van der Waals surface area contributed by atoms with Crippen molar-refractivity contribution in [3.05, 3.63) is 30.0 Å². The van der Waals surface area contributed by atoms with E-state index in [1.807, 2.05) is 24.3 Å². The first kappa shape index (κ1) is 9.74. The largest absolute Gasteiger partial charge is 0.481 e. The Hall–Kier alpha value is -1.35. The highest BCUT2D eigenvalue weighted by molar-refractivity contribution is 5.54. The third kappa shape index (κ3) is 2.87. The predicted octanol–water partition coefficient (Wildman–Crippen LogP) is 1.49. The van der Waals surface area contributed by atoms with Gasteiger partial charge in [0.1, 0.15) is 0 Å². The van der Waals surface area contributed by atoms with Crippen molar-refractivity contribution in [2.24, 2.45) is 0 Å². The van der Waals surface area contributed by atoms with Gasteiger partial charge < -0.3 is 9.84 Å². The Balaban J connectivity index is 2.74. The number of aromatic nitrogens is 1. The minimum atomic E-state index is 0.166. The molecule has 0 aliphatic heterocycles. The molecule has 1 aromatic rings. The van der Waals surface area contributed by atoms with Crippen molar-refractivity contribution in [2.45, 2.75) is 6.42 Å². The maximum absolute atomic E-state index is 8.57. The van der Waals surface area contributed by atoms with Gasteiger partial charge in [0.05, 0.1) is 7.11 Å². The van der Waals surface area contributed by atoms with E-state index in [0.29, 0.717) is 12.3 Å². The first-order valence-corrected chi connectivity index (χ1v) is 4.15. The lowest BCUT2D eigenvalue weighted by Gasteiger charge is -2.01. The summed E-state index contributed by atoms with van der Waals surface area (Å²) in [7, 11) is 1.59. The second kappa shape index (κ2) is 5.32. The van der Waals surface area contributed by atoms with Crippen LogP contribution in [0, 0.1) is 0 Å². The molecule has 1 N–H and O–H groups in total. The van der Waals surface area contributed by atoms with Gasteiger partial charge in [-0.2, -0.15) is 0 Å². The standard InChI is InChI=1S/C10H13NO2/c1-13-10-9(5-2-3-8-12)6-4-7-11-10/h2,4-7,12H,3,8H2,1H3. The Morgan fingerprint density at radius 3 is 3.15 bits per heavy atom. The van der Waals surface area contributed by atoms with Crippen molar-refractivity contribution in [3.63, 3.8) is 0 Å². The number of aliphatic hydroxyl groups excluding tert-OH is 1. The van der Waals surface area contributed by atoms with Crippen molar-refractivity contribution in [1.82, 2.24) is 4.98 Å². The lowest BCUT2D eigenvalue weighted by atomic mass is 10.2. The zero-order valence-corrected chi connectivity index (χ0v) is 7.60. The molecule has 13 heavy (non-hydrogen) atoms. The summed E-state index contributed by atoms with van der Waals surface area (Å²) in [5.74, 6) is 0.608. The summed E-state index contributed by atoms with van der Waals surface area (Å²) in [6.07, 6.45) is 6.11. The number of hydrogen-bond donors (Lipinski definition) is 1. The molecule has 0 saturated heterocycles. The lowest BCUT2D eigenvalue weighted by molar-refractivity contribution is 0.303. The Kier molecular flexibility index (Phi) is 3.99. The minimum absolute atomic E-state index is 0.166. The first-order chi connectivity index (χ1) is 6.38. The number of rotatable bonds is 4. The Labute approximate surface area is 77.7 Å². The molecule has 0 radical (unpaired) electrons. The van der Waals surface area contributed by atoms with Crippen LogP contribution in [0.25, 0.3) is 6.08 Å². The van der Waals surface area contributed by atoms with E-state index in [1.165, 1.54) is 0 Å². The zero-order valence-electron chi connectivity index (χ0n) is 7.60. The molecule has 0 unspecified atom stereocenters. The number of nitrogens with zero attached hydrogens (tertiary/aromatic N) is 1. The van der Waals surface area contributed by atoms with E-state index in [9.17, 15) is 0 Å². The summed E-state index contributed by atoms with van der Waals surface area (Å²) < 4.78 is 5.05. The van der Waals surface area contributed by atoms with Crippen molar-refractivity contribution in [1.29, 1.82) is 0 Å². The minimum Gasteiger partial charge on any atom is -0.481 e. The normalized spacial score (nSPS) is 10.6. The maximum atomic E-state index is 8.57. The number of methoxy groups -OCH3 is 1. The van der Waals surface area contributed by atoms with Crippen LogP contribution in [0.15, 0.2) is 24.4 Å². The van der Waals surface area contributed by atoms with Gasteiger partial charge in [0, 0.05) is 18.4 Å². The van der Waals surface area contributed by atoms with E-state index >= 15 is 0 Å². The molecule has 1 rings (SSSR count). The molecule has 0 aliphatic carbocycles. The average Bonchev–Trinajstić information content (AvgIpc) is 2.19. The van der Waals surface area contributed by atoms with Crippen LogP contribution in [0.1, 0.15) is 12.0 Å². The van der Waals surface area contributed by atoms with Gasteiger partial charge in [0.15, 0.2) is 0 Å². The molecule has 0 bridgehead atoms. The molecular formula is C10H13NO2. The van der Waals surface area contributed by atoms with Crippen LogP contribution >= 0.6 is 0 Å². The maximum Gasteiger partial charge on any atom is 0.220 e. The zero-order chi connectivity index (χ0) is 9.52. The summed E-state index contributed by atoms with van der Waals surface area (Å²) >= 11 is 0. The average molecular weight is 179 g/mol. The molecule has 0 aliphatic rings. The summed E-state index contributed by atoms with van der Waals surface area (Å²) in [6, 6.07) is 3.76. The highest BCUT2D eigenvalue weighted by Crippen LogP contribution is 2.15. The van der Waals surface area contributed by atoms with Crippen LogP contribution in [0.5, 0.6) is 5.88 Å². The molecule has 0 spiro atoms. The van der Waals surface area contributed by atoms with Crippen LogP contribution in [0.2, 0.25) is 0 Å². The van der Waals surface area contributed by atoms with Gasteiger partial charge in [-0.1, -0.05) is 12.2 Å². The smallest absolute Gasteiger partial charge is 0.220 e. The molecule has 1 heterocycles. The topological polar surface area (TPSA) is 42.4 Å². The summed E-state index contributed by atoms with van der Waals surface area (Å²) in [5.41, 5.74) is 0.929. The Morgan fingerprint density at radius 1 is 1.62 bits per heavy atom. The quantitative estimate of drug-likeness (QED) is 0.761. The van der Waals surface area contributed by atoms with E-state index in [-0.39, 0.29) is 6.61 Å². The second-order valence-electron chi connectivity index (χ2n) is 2.52. The Morgan fingerprint density at radius 2 is 2.46 bits per heavy atom. The van der Waals surface area contributed by atoms with Crippen molar-refractivity contribution in [2.75, 3.05) is 13.7 Å². The van der Waals surface area contributed by atoms with Gasteiger partial charge in [-0.25, -0.2) is 4.98 Å². The van der Waals surface area contributed by atoms with Crippen molar-refractivity contribution < 1.29 is 9.84 Å². The van der Waals surface area contributed by atoms with Crippen molar-refractivity contribution in [3.8, 4) is 5.88 Å². The third-order valence-corrected chi connectivity index (χ3v) is 1.59. The predicted molar refractivity (Wildman–Crippen MR) is 51.5 cm³/mol. The van der Waals surface area contributed by atoms with Crippen LogP contribution in [-0.4, -0.2) is 23.8 Å². The molecule has 70 valence electrons. The monoisotopic (exact) mass is 179 g/mol. The molecule has 0 aromatic carbocycles. The van der Waals surface area contributed by atoms with Gasteiger partial charge in [-0.3, -0.25) is 0 Å². The fourth-order valence-electron chi connectivity index (χ4n) is 0.985. The first-order valence-electron chi connectivity index (χ1n) is 4.15. The van der Waals surface area contributed by atoms with E-state index in [1.54, 1.807) is 13.3 Å². The molecular weight excluding hydrogens is 166 g/mol. The van der Waals surface area contributed by atoms with Crippen molar-refractivity contribution >= 4 is 6.08 Å². The fourth-order valence-corrected chi connectivity index (χ4v) is 0.985. The van der Waals surface area contributed by atoms with Gasteiger partial charge in [0.2, 0.25) is 5.88 Å². The molecule has 0 atom stereocenters. The van der Waals surface area contributed by atoms with Gasteiger partial charge in [0.25, 0.3) is 0 Å². The lowest BCUT2D eigenvalue weighted by Crippen LogP contribution is -1.89. The van der Waals surface area contributed by atoms with E-state index < -0.39 is 0 Å². The van der Waals surface area contributed by atoms with Crippen LogP contribution < -0.4 is 4.74 Å². The second-order valence-corrected chi connectivity index (χ2v) is 2.52. The van der Waals surface area contributed by atoms with Crippen LogP contribution in [-0.2, 0) is 0 Å². The number of pyridine rings is 1. The number of ether oxygens (including phenoxy) is 1. The fraction of sp³-hybridized carbons (Fsp3) is 0.300. The molecule has 0 fully saturated rings. The SMILES string of the molecule is COc1ncccc1C=CCCO. The van der Waals surface area contributed by atoms with Gasteiger partial charge >= 0.3 is 0 Å². The van der Waals surface area contributed by atoms with Crippen LogP contribution in [0.4, 0.5) is 0 Å².